The molecule has 2 aromatic carbocycles. The van der Waals surface area contributed by atoms with Crippen molar-refractivity contribution in [1.29, 1.82) is 0 Å². The minimum Gasteiger partial charge on any atom is -0.491 e. The molecule has 39 heavy (non-hydrogen) atoms. The van der Waals surface area contributed by atoms with E-state index in [9.17, 15) is 27.6 Å². The zero-order valence-electron chi connectivity index (χ0n) is 21.5. The van der Waals surface area contributed by atoms with Crippen LogP contribution in [0.15, 0.2) is 53.5 Å². The zero-order chi connectivity index (χ0) is 28.2. The van der Waals surface area contributed by atoms with Crippen molar-refractivity contribution in [3.63, 3.8) is 0 Å². The monoisotopic (exact) mass is 544 g/mol. The Balaban J connectivity index is 1.76. The predicted molar refractivity (Wildman–Crippen MR) is 139 cm³/mol. The maximum atomic E-state index is 13.8. The van der Waals surface area contributed by atoms with Gasteiger partial charge in [0, 0.05) is 35.9 Å². The van der Waals surface area contributed by atoms with Crippen molar-refractivity contribution in [1.82, 2.24) is 5.32 Å². The van der Waals surface area contributed by atoms with Crippen molar-refractivity contribution in [2.24, 2.45) is 22.6 Å². The number of para-hydroxylation sites is 1. The van der Waals surface area contributed by atoms with Gasteiger partial charge in [0.15, 0.2) is 0 Å². The highest BCUT2D eigenvalue weighted by Crippen LogP contribution is 2.38. The molecule has 2 heterocycles. The molecule has 4 rings (SSSR count). The van der Waals surface area contributed by atoms with Gasteiger partial charge in [-0.1, -0.05) is 55.8 Å². The summed E-state index contributed by atoms with van der Waals surface area (Å²) in [6.07, 6.45) is -6.78. The smallest absolute Gasteiger partial charge is 0.389 e. The largest absolute Gasteiger partial charge is 0.491 e. The molecule has 0 radical (unpaired) electrons. The average molecular weight is 545 g/mol. The number of hydrogen-bond acceptors (Lipinski definition) is 5. The Kier molecular flexibility index (Phi) is 8.57. The fraction of sp³-hybridized carbons (Fsp3) is 0.429. The molecule has 0 bridgehead atoms. The van der Waals surface area contributed by atoms with E-state index in [1.165, 1.54) is 4.90 Å². The normalized spacial score (nSPS) is 18.6. The van der Waals surface area contributed by atoms with E-state index < -0.39 is 54.7 Å². The second-order valence-electron chi connectivity index (χ2n) is 9.66. The molecule has 3 atom stereocenters. The number of carbonyl (C=O) groups excluding carboxylic acids is 3. The molecule has 11 heteroatoms. The maximum absolute atomic E-state index is 13.8. The molecule has 2 aliphatic heterocycles. The van der Waals surface area contributed by atoms with E-state index in [2.05, 4.69) is 10.3 Å². The molecule has 0 saturated carbocycles. The van der Waals surface area contributed by atoms with E-state index in [4.69, 9.17) is 10.5 Å². The number of primary amides is 1. The van der Waals surface area contributed by atoms with E-state index >= 15 is 0 Å². The fourth-order valence-corrected chi connectivity index (χ4v) is 5.10. The summed E-state index contributed by atoms with van der Waals surface area (Å²) in [6.45, 7) is 2.42. The third kappa shape index (κ3) is 6.40. The lowest BCUT2D eigenvalue weighted by Gasteiger charge is -2.27. The lowest BCUT2D eigenvalue weighted by atomic mass is 9.83. The summed E-state index contributed by atoms with van der Waals surface area (Å²) in [6, 6.07) is 14.4. The lowest BCUT2D eigenvalue weighted by Crippen LogP contribution is -2.51. The van der Waals surface area contributed by atoms with Crippen molar-refractivity contribution in [2.75, 3.05) is 18.1 Å². The molecule has 3 amide bonds. The number of rotatable bonds is 9. The molecule has 2 aliphatic rings. The number of amides is 3. The fourth-order valence-electron chi connectivity index (χ4n) is 5.10. The van der Waals surface area contributed by atoms with Gasteiger partial charge in [-0.05, 0) is 25.3 Å². The van der Waals surface area contributed by atoms with Gasteiger partial charge >= 0.3 is 6.18 Å². The summed E-state index contributed by atoms with van der Waals surface area (Å²) in [5.41, 5.74) is 7.76. The molecular weight excluding hydrogens is 513 g/mol. The minimum atomic E-state index is -4.53. The number of aliphatic imine (C=N–C) groups is 1. The number of nitrogens with zero attached hydrogens (tertiary/aromatic N) is 2. The van der Waals surface area contributed by atoms with E-state index in [0.717, 1.165) is 0 Å². The van der Waals surface area contributed by atoms with Crippen LogP contribution in [0.5, 0.6) is 5.75 Å². The summed E-state index contributed by atoms with van der Waals surface area (Å²) in [5, 5.41) is 2.57. The first kappa shape index (κ1) is 28.1. The predicted octanol–water partition coefficient (Wildman–Crippen LogP) is 3.96. The first-order valence-corrected chi connectivity index (χ1v) is 13.0. The number of alkyl halides is 3. The van der Waals surface area contributed by atoms with Crippen molar-refractivity contribution < 1.29 is 32.3 Å². The van der Waals surface area contributed by atoms with Crippen LogP contribution in [-0.4, -0.2) is 48.9 Å². The Morgan fingerprint density at radius 2 is 1.87 bits per heavy atom. The quantitative estimate of drug-likeness (QED) is 0.498. The van der Waals surface area contributed by atoms with E-state index in [1.807, 2.05) is 30.3 Å². The van der Waals surface area contributed by atoms with Crippen LogP contribution in [0, 0.1) is 11.8 Å². The van der Waals surface area contributed by atoms with Gasteiger partial charge in [-0.15, -0.1) is 0 Å². The van der Waals surface area contributed by atoms with Crippen molar-refractivity contribution in [2.45, 2.75) is 51.4 Å². The van der Waals surface area contributed by atoms with Crippen molar-refractivity contribution in [3.05, 3.63) is 59.7 Å². The molecule has 0 saturated heterocycles. The van der Waals surface area contributed by atoms with E-state index in [0.29, 0.717) is 54.3 Å². The number of halogens is 3. The first-order valence-electron chi connectivity index (χ1n) is 13.0. The molecule has 0 aromatic heterocycles. The summed E-state index contributed by atoms with van der Waals surface area (Å²) in [4.78, 5) is 45.7. The molecule has 0 spiro atoms. The molecule has 208 valence electrons. The highest BCUT2D eigenvalue weighted by atomic mass is 19.4. The van der Waals surface area contributed by atoms with Gasteiger partial charge in [0.05, 0.1) is 18.0 Å². The summed E-state index contributed by atoms with van der Waals surface area (Å²) in [5.74, 6) is -4.28. The molecular formula is C28H31F3N4O4. The van der Waals surface area contributed by atoms with E-state index in [1.54, 1.807) is 25.1 Å². The Hall–Kier alpha value is -3.89. The maximum Gasteiger partial charge on any atom is 0.389 e. The number of carbonyl (C=O) groups is 3. The van der Waals surface area contributed by atoms with Gasteiger partial charge in [-0.2, -0.15) is 13.2 Å². The van der Waals surface area contributed by atoms with Gasteiger partial charge in [-0.25, -0.2) is 4.99 Å². The van der Waals surface area contributed by atoms with Crippen LogP contribution in [0.2, 0.25) is 0 Å². The standard InChI is InChI=1S/C28H31F3N4O4/c1-2-8-18(24(32)36)19(13-14-28(29,30)31)26(37)34-25-27(38)35-15-7-16-39-21-12-6-11-20(23(21)35)22(33-25)17-9-4-3-5-10-17/h3-6,9-12,18-19,25H,2,7-8,13-16H2,1H3,(H2,32,36)(H,34,37)/t18?,19?,25-/m1/s1. The number of hydrogen-bond donors (Lipinski definition) is 2. The Bertz CT molecular complexity index is 1250. The van der Waals surface area contributed by atoms with E-state index in [-0.39, 0.29) is 6.42 Å². The Labute approximate surface area is 224 Å². The Morgan fingerprint density at radius 1 is 1.13 bits per heavy atom. The third-order valence-electron chi connectivity index (χ3n) is 6.92. The van der Waals surface area contributed by atoms with Crippen LogP contribution < -0.4 is 20.7 Å². The number of benzene rings is 2. The van der Waals surface area contributed by atoms with Gasteiger partial charge in [0.2, 0.25) is 18.0 Å². The molecule has 0 fully saturated rings. The molecule has 3 N–H and O–H groups in total. The number of nitrogens with two attached hydrogens (primary N) is 1. The summed E-state index contributed by atoms with van der Waals surface area (Å²) < 4.78 is 45.3. The van der Waals surface area contributed by atoms with Gasteiger partial charge in [-0.3, -0.25) is 14.4 Å². The third-order valence-corrected chi connectivity index (χ3v) is 6.92. The zero-order valence-corrected chi connectivity index (χ0v) is 21.5. The van der Waals surface area contributed by atoms with Crippen LogP contribution in [-0.2, 0) is 14.4 Å². The van der Waals surface area contributed by atoms with Crippen LogP contribution in [0.3, 0.4) is 0 Å². The second kappa shape index (κ2) is 11.9. The SMILES string of the molecule is CCCC(C(N)=O)C(CCC(F)(F)F)C(=O)N[C@H]1N=C(c2ccccc2)c2cccc3c2N(CCCO3)C1=O. The van der Waals surface area contributed by atoms with Crippen molar-refractivity contribution >= 4 is 29.1 Å². The highest BCUT2D eigenvalue weighted by molar-refractivity contribution is 6.21. The topological polar surface area (TPSA) is 114 Å². The number of anilines is 1. The van der Waals surface area contributed by atoms with Gasteiger partial charge in [0.25, 0.3) is 5.91 Å². The summed E-state index contributed by atoms with van der Waals surface area (Å²) >= 11 is 0. The molecule has 0 aliphatic carbocycles. The van der Waals surface area contributed by atoms with Crippen LogP contribution >= 0.6 is 0 Å². The molecule has 2 unspecified atom stereocenters. The van der Waals surface area contributed by atoms with Crippen LogP contribution in [0.1, 0.15) is 50.2 Å². The Morgan fingerprint density at radius 3 is 2.54 bits per heavy atom. The second-order valence-corrected chi connectivity index (χ2v) is 9.66. The number of nitrogens with one attached hydrogen (secondary N) is 1. The summed E-state index contributed by atoms with van der Waals surface area (Å²) in [7, 11) is 0. The van der Waals surface area contributed by atoms with Crippen molar-refractivity contribution in [3.8, 4) is 5.75 Å². The van der Waals surface area contributed by atoms with Gasteiger partial charge in [0.1, 0.15) is 5.75 Å². The van der Waals surface area contributed by atoms with Gasteiger partial charge < -0.3 is 20.7 Å². The molecule has 8 nitrogen and oxygen atoms in total. The minimum absolute atomic E-state index is 0.140. The average Bonchev–Trinajstić information content (AvgIpc) is 3.18. The van der Waals surface area contributed by atoms with Crippen LogP contribution in [0.25, 0.3) is 0 Å². The first-order chi connectivity index (χ1) is 18.6. The van der Waals surface area contributed by atoms with Crippen LogP contribution in [0.4, 0.5) is 18.9 Å². The number of ether oxygens (including phenoxy) is 1. The molecule has 2 aromatic rings. The lowest BCUT2D eigenvalue weighted by molar-refractivity contribution is -0.146. The highest BCUT2D eigenvalue weighted by Gasteiger charge is 2.40.